The van der Waals surface area contributed by atoms with Crippen LogP contribution in [-0.2, 0) is 11.4 Å². The number of hydrogen-bond donors (Lipinski definition) is 0. The van der Waals surface area contributed by atoms with Crippen molar-refractivity contribution in [3.63, 3.8) is 0 Å². The normalized spacial score (nSPS) is 11.5. The summed E-state index contributed by atoms with van der Waals surface area (Å²) in [6.07, 6.45) is 0. The molecule has 0 fully saturated rings. The van der Waals surface area contributed by atoms with Gasteiger partial charge < -0.3 is 9.40 Å². The lowest BCUT2D eigenvalue weighted by molar-refractivity contribution is 0.130. The molecule has 0 amide bonds. The van der Waals surface area contributed by atoms with E-state index in [1.54, 1.807) is 12.1 Å². The van der Waals surface area contributed by atoms with Gasteiger partial charge in [-0.15, -0.1) is 0 Å². The van der Waals surface area contributed by atoms with Crippen molar-refractivity contribution in [3.05, 3.63) is 113 Å². The zero-order valence-electron chi connectivity index (χ0n) is 17.3. The van der Waals surface area contributed by atoms with Crippen LogP contribution in [0.1, 0.15) is 23.7 Å². The van der Waals surface area contributed by atoms with E-state index < -0.39 is 0 Å². The maximum absolute atomic E-state index is 13.1. The molecule has 5 heteroatoms. The SMILES string of the molecule is C/C(=N\OCc1ccc(F)cc1)c1cc(-c2ccccc2)n(-c2cccc(Cl)c2)c1C. The molecule has 156 valence electrons. The lowest BCUT2D eigenvalue weighted by Gasteiger charge is -2.13. The van der Waals surface area contributed by atoms with Crippen LogP contribution in [-0.4, -0.2) is 10.3 Å². The van der Waals surface area contributed by atoms with E-state index in [9.17, 15) is 4.39 Å². The Labute approximate surface area is 186 Å². The third-order valence-corrected chi connectivity index (χ3v) is 5.35. The zero-order valence-corrected chi connectivity index (χ0v) is 18.1. The fourth-order valence-corrected chi connectivity index (χ4v) is 3.76. The van der Waals surface area contributed by atoms with Crippen LogP contribution in [0.15, 0.2) is 90.1 Å². The standard InChI is InChI=1S/C26H22ClFN2O/c1-18(29-31-17-20-11-13-23(28)14-12-20)25-16-26(21-7-4-3-5-8-21)30(19(25)2)24-10-6-9-22(27)15-24/h3-16H,17H2,1-2H3/b29-18+. The van der Waals surface area contributed by atoms with Crippen LogP contribution in [0, 0.1) is 12.7 Å². The molecule has 0 bridgehead atoms. The fourth-order valence-electron chi connectivity index (χ4n) is 3.58. The summed E-state index contributed by atoms with van der Waals surface area (Å²) >= 11 is 6.27. The molecule has 0 atom stereocenters. The van der Waals surface area contributed by atoms with Crippen molar-refractivity contribution in [1.82, 2.24) is 4.57 Å². The highest BCUT2D eigenvalue weighted by molar-refractivity contribution is 6.30. The zero-order chi connectivity index (χ0) is 21.8. The molecular weight excluding hydrogens is 411 g/mol. The number of rotatable bonds is 6. The van der Waals surface area contributed by atoms with Crippen LogP contribution < -0.4 is 0 Å². The van der Waals surface area contributed by atoms with Crippen LogP contribution in [0.4, 0.5) is 4.39 Å². The first kappa shape index (κ1) is 20.9. The second-order valence-electron chi connectivity index (χ2n) is 7.29. The van der Waals surface area contributed by atoms with Gasteiger partial charge in [0.2, 0.25) is 0 Å². The van der Waals surface area contributed by atoms with Gasteiger partial charge in [-0.05, 0) is 61.4 Å². The van der Waals surface area contributed by atoms with Gasteiger partial charge >= 0.3 is 0 Å². The Morgan fingerprint density at radius 1 is 0.968 bits per heavy atom. The predicted molar refractivity (Wildman–Crippen MR) is 124 cm³/mol. The van der Waals surface area contributed by atoms with Gasteiger partial charge in [0.05, 0.1) is 11.4 Å². The van der Waals surface area contributed by atoms with E-state index in [0.717, 1.165) is 39.5 Å². The molecule has 0 unspecified atom stereocenters. The van der Waals surface area contributed by atoms with E-state index in [4.69, 9.17) is 16.4 Å². The van der Waals surface area contributed by atoms with Crippen molar-refractivity contribution in [1.29, 1.82) is 0 Å². The molecule has 0 radical (unpaired) electrons. The van der Waals surface area contributed by atoms with Crippen LogP contribution >= 0.6 is 11.6 Å². The summed E-state index contributed by atoms with van der Waals surface area (Å²) in [4.78, 5) is 5.55. The smallest absolute Gasteiger partial charge is 0.142 e. The van der Waals surface area contributed by atoms with E-state index >= 15 is 0 Å². The summed E-state index contributed by atoms with van der Waals surface area (Å²) in [5, 5.41) is 5.00. The Bertz CT molecular complexity index is 1210. The topological polar surface area (TPSA) is 26.5 Å². The van der Waals surface area contributed by atoms with Crippen molar-refractivity contribution in [2.24, 2.45) is 5.16 Å². The summed E-state index contributed by atoms with van der Waals surface area (Å²) in [6.45, 7) is 4.25. The Balaban J connectivity index is 1.70. The van der Waals surface area contributed by atoms with Crippen LogP contribution in [0.2, 0.25) is 5.02 Å². The van der Waals surface area contributed by atoms with Crippen LogP contribution in [0.5, 0.6) is 0 Å². The van der Waals surface area contributed by atoms with Gasteiger partial charge in [-0.1, -0.05) is 65.3 Å². The molecule has 1 aromatic heterocycles. The average molecular weight is 433 g/mol. The van der Waals surface area contributed by atoms with Gasteiger partial charge in [0.1, 0.15) is 12.4 Å². The first-order valence-corrected chi connectivity index (χ1v) is 10.4. The molecule has 4 aromatic rings. The number of oxime groups is 1. The summed E-state index contributed by atoms with van der Waals surface area (Å²) < 4.78 is 15.2. The number of halogens is 2. The Kier molecular flexibility index (Phi) is 6.19. The molecule has 0 aliphatic carbocycles. The highest BCUT2D eigenvalue weighted by Gasteiger charge is 2.17. The molecule has 1 heterocycles. The molecule has 0 saturated heterocycles. The van der Waals surface area contributed by atoms with E-state index in [-0.39, 0.29) is 12.4 Å². The van der Waals surface area contributed by atoms with Crippen molar-refractivity contribution >= 4 is 17.3 Å². The molecular formula is C26H22ClFN2O. The Hall–Kier alpha value is -3.37. The van der Waals surface area contributed by atoms with Gasteiger partial charge in [-0.3, -0.25) is 0 Å². The lowest BCUT2D eigenvalue weighted by atomic mass is 10.1. The third kappa shape index (κ3) is 4.70. The van der Waals surface area contributed by atoms with Crippen molar-refractivity contribution in [2.45, 2.75) is 20.5 Å². The van der Waals surface area contributed by atoms with Crippen molar-refractivity contribution in [2.75, 3.05) is 0 Å². The molecule has 3 aromatic carbocycles. The summed E-state index contributed by atoms with van der Waals surface area (Å²) in [5.74, 6) is -0.269. The van der Waals surface area contributed by atoms with Gasteiger partial charge in [0.25, 0.3) is 0 Å². The first-order valence-electron chi connectivity index (χ1n) is 9.98. The first-order chi connectivity index (χ1) is 15.0. The quantitative estimate of drug-likeness (QED) is 0.234. The third-order valence-electron chi connectivity index (χ3n) is 5.12. The number of nitrogens with zero attached hydrogens (tertiary/aromatic N) is 2. The minimum atomic E-state index is -0.269. The minimum Gasteiger partial charge on any atom is -0.391 e. The van der Waals surface area contributed by atoms with E-state index in [0.29, 0.717) is 5.02 Å². The van der Waals surface area contributed by atoms with Gasteiger partial charge in [-0.2, -0.15) is 0 Å². The van der Waals surface area contributed by atoms with E-state index in [1.165, 1.54) is 12.1 Å². The van der Waals surface area contributed by atoms with Gasteiger partial charge in [0.15, 0.2) is 0 Å². The minimum absolute atomic E-state index is 0.269. The monoisotopic (exact) mass is 432 g/mol. The molecule has 0 aliphatic rings. The average Bonchev–Trinajstić information content (AvgIpc) is 3.13. The molecule has 3 nitrogen and oxygen atoms in total. The second-order valence-corrected chi connectivity index (χ2v) is 7.72. The van der Waals surface area contributed by atoms with Crippen molar-refractivity contribution < 1.29 is 9.23 Å². The van der Waals surface area contributed by atoms with Crippen LogP contribution in [0.25, 0.3) is 16.9 Å². The molecule has 0 saturated carbocycles. The molecule has 0 spiro atoms. The summed E-state index contributed by atoms with van der Waals surface area (Å²) in [5.41, 5.74) is 6.76. The number of hydrogen-bond acceptors (Lipinski definition) is 2. The maximum atomic E-state index is 13.1. The lowest BCUT2D eigenvalue weighted by Crippen LogP contribution is -2.02. The van der Waals surface area contributed by atoms with E-state index in [2.05, 4.69) is 34.8 Å². The predicted octanol–water partition coefficient (Wildman–Crippen LogP) is 7.19. The summed E-state index contributed by atoms with van der Waals surface area (Å²) in [6, 6.07) is 26.3. The molecule has 0 aliphatic heterocycles. The molecule has 4 rings (SSSR count). The largest absolute Gasteiger partial charge is 0.391 e. The van der Waals surface area contributed by atoms with Crippen molar-refractivity contribution in [3.8, 4) is 16.9 Å². The Morgan fingerprint density at radius 2 is 1.71 bits per heavy atom. The van der Waals surface area contributed by atoms with Gasteiger partial charge in [0, 0.05) is 22.0 Å². The Morgan fingerprint density at radius 3 is 2.42 bits per heavy atom. The number of aromatic nitrogens is 1. The highest BCUT2D eigenvalue weighted by atomic mass is 35.5. The molecule has 31 heavy (non-hydrogen) atoms. The van der Waals surface area contributed by atoms with Gasteiger partial charge in [-0.25, -0.2) is 4.39 Å². The number of benzene rings is 3. The van der Waals surface area contributed by atoms with Crippen LogP contribution in [0.3, 0.4) is 0 Å². The second kappa shape index (κ2) is 9.19. The highest BCUT2D eigenvalue weighted by Crippen LogP contribution is 2.31. The maximum Gasteiger partial charge on any atom is 0.142 e. The van der Waals surface area contributed by atoms with E-state index in [1.807, 2.05) is 49.4 Å². The molecule has 0 N–H and O–H groups in total. The fraction of sp³-hybridized carbons (Fsp3) is 0.115. The summed E-state index contributed by atoms with van der Waals surface area (Å²) in [7, 11) is 0.